The normalized spacial score (nSPS) is 18.5. The lowest BCUT2D eigenvalue weighted by atomic mass is 10.1. The van der Waals surface area contributed by atoms with Gasteiger partial charge in [-0.25, -0.2) is 9.50 Å². The van der Waals surface area contributed by atoms with Crippen LogP contribution in [0.25, 0.3) is 5.52 Å². The number of aromatic nitrogens is 5. The van der Waals surface area contributed by atoms with Crippen molar-refractivity contribution in [3.8, 4) is 0 Å². The average Bonchev–Trinajstić information content (AvgIpc) is 3.13. The largest absolute Gasteiger partial charge is 0.367 e. The summed E-state index contributed by atoms with van der Waals surface area (Å²) >= 11 is 0. The molecule has 23 heavy (non-hydrogen) atoms. The van der Waals surface area contributed by atoms with E-state index in [1.54, 1.807) is 6.20 Å². The summed E-state index contributed by atoms with van der Waals surface area (Å²) in [5.41, 5.74) is 3.22. The molecule has 120 valence electrons. The minimum atomic E-state index is 0.373. The highest BCUT2D eigenvalue weighted by Crippen LogP contribution is 2.22. The fraction of sp³-hybridized carbons (Fsp3) is 0.438. The van der Waals surface area contributed by atoms with Gasteiger partial charge in [-0.1, -0.05) is 0 Å². The quantitative estimate of drug-likeness (QED) is 0.800. The van der Waals surface area contributed by atoms with Crippen molar-refractivity contribution >= 4 is 17.0 Å². The van der Waals surface area contributed by atoms with Crippen molar-refractivity contribution in [3.63, 3.8) is 0 Å². The van der Waals surface area contributed by atoms with E-state index in [1.807, 2.05) is 35.6 Å². The van der Waals surface area contributed by atoms with Gasteiger partial charge < -0.3 is 10.2 Å². The van der Waals surface area contributed by atoms with Gasteiger partial charge in [-0.15, -0.1) is 0 Å². The highest BCUT2D eigenvalue weighted by molar-refractivity contribution is 5.68. The topological polar surface area (TPSA) is 63.3 Å². The predicted octanol–water partition coefficient (Wildman–Crippen LogP) is 1.85. The van der Waals surface area contributed by atoms with Gasteiger partial charge in [0.2, 0.25) is 0 Å². The van der Waals surface area contributed by atoms with Crippen LogP contribution in [0.3, 0.4) is 0 Å². The molecule has 0 amide bonds. The van der Waals surface area contributed by atoms with Gasteiger partial charge in [0, 0.05) is 44.8 Å². The first-order chi connectivity index (χ1) is 11.2. The number of nitrogens with zero attached hydrogens (tertiary/aromatic N) is 6. The van der Waals surface area contributed by atoms with Crippen molar-refractivity contribution in [3.05, 3.63) is 36.5 Å². The Labute approximate surface area is 134 Å². The maximum atomic E-state index is 4.51. The molecule has 1 saturated heterocycles. The van der Waals surface area contributed by atoms with Crippen molar-refractivity contribution in [2.24, 2.45) is 7.05 Å². The number of piperidine rings is 1. The summed E-state index contributed by atoms with van der Waals surface area (Å²) in [5.74, 6) is 0.908. The van der Waals surface area contributed by atoms with E-state index >= 15 is 0 Å². The maximum Gasteiger partial charge on any atom is 0.152 e. The molecule has 1 aliphatic heterocycles. The zero-order valence-electron chi connectivity index (χ0n) is 13.5. The van der Waals surface area contributed by atoms with Crippen LogP contribution in [0.2, 0.25) is 0 Å². The molecule has 3 aromatic rings. The van der Waals surface area contributed by atoms with E-state index in [0.29, 0.717) is 6.04 Å². The van der Waals surface area contributed by atoms with Crippen LogP contribution in [-0.2, 0) is 7.05 Å². The van der Waals surface area contributed by atoms with Gasteiger partial charge >= 0.3 is 0 Å². The molecule has 0 spiro atoms. The second-order valence-corrected chi connectivity index (χ2v) is 6.19. The maximum absolute atomic E-state index is 4.51. The first-order valence-electron chi connectivity index (χ1n) is 8.00. The molecular formula is C16H21N7. The molecule has 1 aliphatic rings. The van der Waals surface area contributed by atoms with Gasteiger partial charge in [0.05, 0.1) is 17.6 Å². The van der Waals surface area contributed by atoms with Crippen LogP contribution in [0.15, 0.2) is 30.9 Å². The van der Waals surface area contributed by atoms with Crippen LogP contribution in [0.5, 0.6) is 0 Å². The number of rotatable bonds is 3. The smallest absolute Gasteiger partial charge is 0.152 e. The lowest BCUT2D eigenvalue weighted by molar-refractivity contribution is 0.529. The molecule has 1 fully saturated rings. The number of aryl methyl sites for hydroxylation is 2. The molecule has 0 bridgehead atoms. The number of fused-ring (bicyclic) bond motifs is 1. The zero-order chi connectivity index (χ0) is 15.8. The Morgan fingerprint density at radius 3 is 3.09 bits per heavy atom. The van der Waals surface area contributed by atoms with Crippen molar-refractivity contribution in [1.29, 1.82) is 0 Å². The Bertz CT molecular complexity index is 819. The summed E-state index contributed by atoms with van der Waals surface area (Å²) in [7, 11) is 1.95. The molecule has 4 heterocycles. The molecule has 1 atom stereocenters. The van der Waals surface area contributed by atoms with Crippen molar-refractivity contribution in [2.45, 2.75) is 25.8 Å². The third-order valence-corrected chi connectivity index (χ3v) is 4.33. The standard InChI is InChI=1S/C16H21N7/c1-12-8-15-16(17-5-7-23(15)20-12)19-13-4-3-6-22(10-13)14-9-18-21(2)11-14/h5,7-9,11,13H,3-4,6,10H2,1-2H3,(H,17,19). The van der Waals surface area contributed by atoms with E-state index in [2.05, 4.69) is 37.7 Å². The average molecular weight is 311 g/mol. The highest BCUT2D eigenvalue weighted by atomic mass is 15.3. The SMILES string of the molecule is Cc1cc2c(NC3CCCN(c4cnn(C)c4)C3)nccn2n1. The third-order valence-electron chi connectivity index (χ3n) is 4.33. The van der Waals surface area contributed by atoms with E-state index in [0.717, 1.165) is 43.0 Å². The molecule has 1 unspecified atom stereocenters. The van der Waals surface area contributed by atoms with Gasteiger partial charge in [0.25, 0.3) is 0 Å². The Hall–Kier alpha value is -2.57. The van der Waals surface area contributed by atoms with Gasteiger partial charge in [-0.2, -0.15) is 10.2 Å². The summed E-state index contributed by atoms with van der Waals surface area (Å²) < 4.78 is 3.73. The summed E-state index contributed by atoms with van der Waals surface area (Å²) in [6, 6.07) is 2.44. The van der Waals surface area contributed by atoms with Gasteiger partial charge in [-0.05, 0) is 25.8 Å². The zero-order valence-corrected chi connectivity index (χ0v) is 13.5. The molecule has 7 heteroatoms. The van der Waals surface area contributed by atoms with E-state index in [-0.39, 0.29) is 0 Å². The summed E-state index contributed by atoms with van der Waals surface area (Å²) in [6.45, 7) is 4.04. The van der Waals surface area contributed by atoms with Crippen LogP contribution >= 0.6 is 0 Å². The van der Waals surface area contributed by atoms with Crippen LogP contribution < -0.4 is 10.2 Å². The highest BCUT2D eigenvalue weighted by Gasteiger charge is 2.22. The Kier molecular flexibility index (Phi) is 3.40. The fourth-order valence-electron chi connectivity index (χ4n) is 3.25. The molecule has 4 rings (SSSR count). The first kappa shape index (κ1) is 14.0. The molecular weight excluding hydrogens is 290 g/mol. The number of anilines is 2. The molecule has 3 aromatic heterocycles. The Morgan fingerprint density at radius 1 is 1.35 bits per heavy atom. The predicted molar refractivity (Wildman–Crippen MR) is 89.8 cm³/mol. The molecule has 7 nitrogen and oxygen atoms in total. The monoisotopic (exact) mass is 311 g/mol. The van der Waals surface area contributed by atoms with Gasteiger partial charge in [0.1, 0.15) is 5.52 Å². The van der Waals surface area contributed by atoms with Crippen LogP contribution in [0.1, 0.15) is 18.5 Å². The van der Waals surface area contributed by atoms with Crippen LogP contribution in [0, 0.1) is 6.92 Å². The molecule has 1 N–H and O–H groups in total. The minimum absolute atomic E-state index is 0.373. The van der Waals surface area contributed by atoms with Gasteiger partial charge in [0.15, 0.2) is 5.82 Å². The molecule has 0 radical (unpaired) electrons. The number of hydrogen-bond acceptors (Lipinski definition) is 5. The van der Waals surface area contributed by atoms with Crippen molar-refractivity contribution < 1.29 is 0 Å². The third kappa shape index (κ3) is 2.74. The van der Waals surface area contributed by atoms with E-state index in [9.17, 15) is 0 Å². The molecule has 0 aliphatic carbocycles. The number of nitrogens with one attached hydrogen (secondary N) is 1. The minimum Gasteiger partial charge on any atom is -0.367 e. The summed E-state index contributed by atoms with van der Waals surface area (Å²) in [5, 5.41) is 12.3. The van der Waals surface area contributed by atoms with Crippen molar-refractivity contribution in [2.75, 3.05) is 23.3 Å². The van der Waals surface area contributed by atoms with Crippen molar-refractivity contribution in [1.82, 2.24) is 24.4 Å². The van der Waals surface area contributed by atoms with E-state index < -0.39 is 0 Å². The molecule has 0 saturated carbocycles. The van der Waals surface area contributed by atoms with E-state index in [1.165, 1.54) is 5.69 Å². The summed E-state index contributed by atoms with van der Waals surface area (Å²) in [6.07, 6.45) is 9.99. The van der Waals surface area contributed by atoms with Crippen LogP contribution in [0.4, 0.5) is 11.5 Å². The number of hydrogen-bond donors (Lipinski definition) is 1. The van der Waals surface area contributed by atoms with E-state index in [4.69, 9.17) is 0 Å². The summed E-state index contributed by atoms with van der Waals surface area (Å²) in [4.78, 5) is 6.89. The van der Waals surface area contributed by atoms with Gasteiger partial charge in [-0.3, -0.25) is 4.68 Å². The second-order valence-electron chi connectivity index (χ2n) is 6.19. The lowest BCUT2D eigenvalue weighted by Crippen LogP contribution is -2.42. The van der Waals surface area contributed by atoms with Crippen LogP contribution in [-0.4, -0.2) is 43.5 Å². The Balaban J connectivity index is 1.53. The lowest BCUT2D eigenvalue weighted by Gasteiger charge is -2.34. The first-order valence-corrected chi connectivity index (χ1v) is 8.00. The molecule has 0 aromatic carbocycles. The fourth-order valence-corrected chi connectivity index (χ4v) is 3.25. The Morgan fingerprint density at radius 2 is 2.26 bits per heavy atom. The second kappa shape index (κ2) is 5.57.